The molecular weight excluding hydrogens is 376 g/mol. The van der Waals surface area contributed by atoms with Crippen molar-refractivity contribution < 1.29 is 34.3 Å². The minimum absolute atomic E-state index is 0.000166. The van der Waals surface area contributed by atoms with Crippen LogP contribution >= 0.6 is 0 Å². The summed E-state index contributed by atoms with van der Waals surface area (Å²) in [5.41, 5.74) is 2.69. The van der Waals surface area contributed by atoms with Crippen LogP contribution in [0.5, 0.6) is 11.5 Å². The van der Waals surface area contributed by atoms with Crippen molar-refractivity contribution in [3.8, 4) is 22.6 Å². The average molecular weight is 405 g/mol. The van der Waals surface area contributed by atoms with E-state index in [4.69, 9.17) is 29.2 Å². The summed E-state index contributed by atoms with van der Waals surface area (Å²) in [6.45, 7) is 2.11. The van der Waals surface area contributed by atoms with Gasteiger partial charge in [-0.3, -0.25) is 0 Å². The molecular formula is C22H29O7. The smallest absolute Gasteiger partial charge is 0.123 e. The largest absolute Gasteiger partial charge is 0.491 e. The first kappa shape index (κ1) is 23.1. The monoisotopic (exact) mass is 405 g/mol. The molecule has 3 N–H and O–H groups in total. The van der Waals surface area contributed by atoms with Crippen LogP contribution in [0.25, 0.3) is 11.1 Å². The van der Waals surface area contributed by atoms with Gasteiger partial charge in [0, 0.05) is 12.2 Å². The van der Waals surface area contributed by atoms with E-state index in [1.54, 1.807) is 6.07 Å². The number of rotatable bonds is 15. The summed E-state index contributed by atoms with van der Waals surface area (Å²) in [6, 6.07) is 14.5. The number of benzene rings is 2. The topological polar surface area (TPSA) is 97.6 Å². The number of hydrogen-bond acceptors (Lipinski definition) is 7. The van der Waals surface area contributed by atoms with Gasteiger partial charge in [-0.15, -0.1) is 0 Å². The maximum absolute atomic E-state index is 9.49. The minimum Gasteiger partial charge on any atom is -0.491 e. The molecule has 2 aromatic carbocycles. The van der Waals surface area contributed by atoms with Crippen molar-refractivity contribution in [2.45, 2.75) is 6.42 Å². The lowest BCUT2D eigenvalue weighted by atomic mass is 9.97. The number of aliphatic hydroxyl groups is 3. The van der Waals surface area contributed by atoms with Gasteiger partial charge in [0.25, 0.3) is 0 Å². The van der Waals surface area contributed by atoms with Gasteiger partial charge in [-0.25, -0.2) is 0 Å². The third-order valence-electron chi connectivity index (χ3n) is 4.02. The van der Waals surface area contributed by atoms with Crippen LogP contribution in [-0.2, 0) is 15.9 Å². The molecule has 0 aliphatic rings. The molecule has 7 nitrogen and oxygen atoms in total. The first-order chi connectivity index (χ1) is 14.3. The van der Waals surface area contributed by atoms with E-state index in [0.29, 0.717) is 45.2 Å². The van der Waals surface area contributed by atoms with E-state index in [9.17, 15) is 5.11 Å². The lowest BCUT2D eigenvalue weighted by molar-refractivity contribution is 0.0702. The lowest BCUT2D eigenvalue weighted by Crippen LogP contribution is -2.10. The van der Waals surface area contributed by atoms with Crippen molar-refractivity contribution in [2.24, 2.45) is 0 Å². The van der Waals surface area contributed by atoms with E-state index < -0.39 is 0 Å². The Morgan fingerprint density at radius 3 is 1.97 bits per heavy atom. The summed E-state index contributed by atoms with van der Waals surface area (Å²) in [4.78, 5) is 0. The van der Waals surface area contributed by atoms with Gasteiger partial charge in [0.15, 0.2) is 0 Å². The first-order valence-corrected chi connectivity index (χ1v) is 9.67. The van der Waals surface area contributed by atoms with Crippen LogP contribution in [0.15, 0.2) is 36.4 Å². The fraction of sp³-hybridized carbons (Fsp3) is 0.455. The summed E-state index contributed by atoms with van der Waals surface area (Å²) < 4.78 is 21.8. The molecule has 2 rings (SSSR count). The van der Waals surface area contributed by atoms with Crippen molar-refractivity contribution in [1.29, 1.82) is 0 Å². The Morgan fingerprint density at radius 2 is 1.34 bits per heavy atom. The van der Waals surface area contributed by atoms with Gasteiger partial charge in [0.05, 0.1) is 39.6 Å². The Kier molecular flexibility index (Phi) is 11.1. The van der Waals surface area contributed by atoms with E-state index in [1.807, 2.05) is 30.3 Å². The zero-order valence-corrected chi connectivity index (χ0v) is 16.5. The van der Waals surface area contributed by atoms with Crippen molar-refractivity contribution in [3.05, 3.63) is 48.0 Å². The van der Waals surface area contributed by atoms with Crippen LogP contribution in [0.4, 0.5) is 0 Å². The summed E-state index contributed by atoms with van der Waals surface area (Å²) in [6.07, 6.45) is 0.444. The van der Waals surface area contributed by atoms with Gasteiger partial charge in [0.2, 0.25) is 0 Å². The number of ether oxygens (including phenoxy) is 4. The number of hydrogen-bond donors (Lipinski definition) is 3. The van der Waals surface area contributed by atoms with Crippen LogP contribution in [0, 0.1) is 6.07 Å². The molecule has 29 heavy (non-hydrogen) atoms. The van der Waals surface area contributed by atoms with Crippen molar-refractivity contribution in [1.82, 2.24) is 0 Å². The van der Waals surface area contributed by atoms with E-state index in [1.165, 1.54) is 0 Å². The molecule has 0 aliphatic heterocycles. The summed E-state index contributed by atoms with van der Waals surface area (Å²) in [7, 11) is 0. The van der Waals surface area contributed by atoms with Crippen LogP contribution in [0.2, 0.25) is 0 Å². The molecule has 0 unspecified atom stereocenters. The van der Waals surface area contributed by atoms with Crippen LogP contribution < -0.4 is 9.47 Å². The molecule has 1 radical (unpaired) electrons. The molecule has 2 aromatic rings. The van der Waals surface area contributed by atoms with E-state index in [2.05, 4.69) is 6.07 Å². The quantitative estimate of drug-likeness (QED) is 0.386. The van der Waals surface area contributed by atoms with Gasteiger partial charge >= 0.3 is 0 Å². The third kappa shape index (κ3) is 8.00. The summed E-state index contributed by atoms with van der Waals surface area (Å²) in [5.74, 6) is 1.40. The Morgan fingerprint density at radius 1 is 0.690 bits per heavy atom. The van der Waals surface area contributed by atoms with E-state index >= 15 is 0 Å². The molecule has 0 fully saturated rings. The molecule has 0 heterocycles. The van der Waals surface area contributed by atoms with Crippen LogP contribution in [0.1, 0.15) is 5.56 Å². The molecule has 0 aliphatic carbocycles. The highest BCUT2D eigenvalue weighted by molar-refractivity contribution is 5.70. The molecule has 159 valence electrons. The lowest BCUT2D eigenvalue weighted by Gasteiger charge is -2.15. The molecule has 0 spiro atoms. The summed E-state index contributed by atoms with van der Waals surface area (Å²) >= 11 is 0. The van der Waals surface area contributed by atoms with Gasteiger partial charge in [-0.1, -0.05) is 18.2 Å². The van der Waals surface area contributed by atoms with Crippen molar-refractivity contribution >= 4 is 0 Å². The second-order valence-corrected chi connectivity index (χ2v) is 6.06. The molecule has 0 bridgehead atoms. The molecule has 0 amide bonds. The molecule has 0 aromatic heterocycles. The maximum atomic E-state index is 9.49. The van der Waals surface area contributed by atoms with Gasteiger partial charge in [-0.05, 0) is 41.8 Å². The minimum atomic E-state index is -0.0183. The second kappa shape index (κ2) is 13.9. The third-order valence-corrected chi connectivity index (χ3v) is 4.02. The van der Waals surface area contributed by atoms with Crippen LogP contribution in [-0.4, -0.2) is 74.8 Å². The SMILES string of the molecule is OCCOCCOc1ccc(-c2[c]ccc(OCCOCCO)c2CCO)cc1. The Labute approximate surface area is 171 Å². The highest BCUT2D eigenvalue weighted by atomic mass is 16.5. The number of aliphatic hydroxyl groups excluding tert-OH is 3. The average Bonchev–Trinajstić information content (AvgIpc) is 2.75. The highest BCUT2D eigenvalue weighted by Gasteiger charge is 2.12. The van der Waals surface area contributed by atoms with Crippen molar-refractivity contribution in [2.75, 3.05) is 59.5 Å². The first-order valence-electron chi connectivity index (χ1n) is 9.67. The van der Waals surface area contributed by atoms with E-state index in [-0.39, 0.29) is 26.4 Å². The Bertz CT molecular complexity index is 688. The van der Waals surface area contributed by atoms with Crippen molar-refractivity contribution in [3.63, 3.8) is 0 Å². The molecule has 0 saturated carbocycles. The Balaban J connectivity index is 2.03. The van der Waals surface area contributed by atoms with Gasteiger partial charge < -0.3 is 34.3 Å². The standard InChI is InChI=1S/C22H29O7/c23-9-8-21-20(2-1-3-22(21)29-17-15-27-13-11-25)18-4-6-19(7-5-18)28-16-14-26-12-10-24/h1,3-7,23-25H,8-17H2. The molecule has 0 saturated heterocycles. The fourth-order valence-corrected chi connectivity index (χ4v) is 2.74. The second-order valence-electron chi connectivity index (χ2n) is 6.06. The highest BCUT2D eigenvalue weighted by Crippen LogP contribution is 2.32. The fourth-order valence-electron chi connectivity index (χ4n) is 2.74. The maximum Gasteiger partial charge on any atom is 0.123 e. The molecule has 7 heteroatoms. The molecule has 0 atom stereocenters. The Hall–Kier alpha value is -2.16. The predicted molar refractivity (Wildman–Crippen MR) is 108 cm³/mol. The van der Waals surface area contributed by atoms with Gasteiger partial charge in [-0.2, -0.15) is 0 Å². The zero-order valence-electron chi connectivity index (χ0n) is 16.5. The zero-order chi connectivity index (χ0) is 20.7. The summed E-state index contributed by atoms with van der Waals surface area (Å²) in [5, 5.41) is 26.9. The van der Waals surface area contributed by atoms with Gasteiger partial charge in [0.1, 0.15) is 24.7 Å². The normalized spacial score (nSPS) is 10.9. The van der Waals surface area contributed by atoms with Crippen LogP contribution in [0.3, 0.4) is 0 Å². The van der Waals surface area contributed by atoms with E-state index in [0.717, 1.165) is 22.4 Å². The predicted octanol–water partition coefficient (Wildman–Crippen LogP) is 1.46.